The molecule has 4 heteroatoms. The van der Waals surface area contributed by atoms with Gasteiger partial charge in [0.25, 0.3) is 0 Å². The molecule has 0 radical (unpaired) electrons. The van der Waals surface area contributed by atoms with Gasteiger partial charge in [0.1, 0.15) is 11.5 Å². The highest BCUT2D eigenvalue weighted by Crippen LogP contribution is 2.32. The van der Waals surface area contributed by atoms with Crippen LogP contribution in [0.25, 0.3) is 11.1 Å². The van der Waals surface area contributed by atoms with Crippen molar-refractivity contribution in [1.29, 1.82) is 0 Å². The third-order valence-electron chi connectivity index (χ3n) is 5.62. The fourth-order valence-corrected chi connectivity index (χ4v) is 3.98. The average molecular weight is 419 g/mol. The molecular formula is C27H34N2O2. The molecule has 0 spiro atoms. The summed E-state index contributed by atoms with van der Waals surface area (Å²) in [5.74, 6) is 1.44. The lowest BCUT2D eigenvalue weighted by atomic mass is 9.88. The number of Topliss-reactive ketones (excluding diaryl/α,β-unsaturated/α-hetero) is 1. The van der Waals surface area contributed by atoms with E-state index < -0.39 is 0 Å². The zero-order valence-electron chi connectivity index (χ0n) is 19.2. The minimum Gasteiger partial charge on any atom is -0.494 e. The van der Waals surface area contributed by atoms with Crippen molar-refractivity contribution in [1.82, 2.24) is 9.78 Å². The van der Waals surface area contributed by atoms with Crippen LogP contribution in [0, 0.1) is 6.92 Å². The van der Waals surface area contributed by atoms with Gasteiger partial charge in [-0.05, 0) is 79.5 Å². The van der Waals surface area contributed by atoms with Gasteiger partial charge in [-0.1, -0.05) is 44.2 Å². The van der Waals surface area contributed by atoms with Crippen LogP contribution in [0.3, 0.4) is 0 Å². The normalized spacial score (nSPS) is 11.1. The molecule has 1 aromatic heterocycles. The number of carbonyl (C=O) groups is 1. The van der Waals surface area contributed by atoms with Crippen LogP contribution in [0.15, 0.2) is 54.7 Å². The maximum Gasteiger partial charge on any atom is 0.134 e. The topological polar surface area (TPSA) is 44.1 Å². The van der Waals surface area contributed by atoms with Gasteiger partial charge in [-0.2, -0.15) is 5.10 Å². The summed E-state index contributed by atoms with van der Waals surface area (Å²) >= 11 is 0. The number of hydrogen-bond acceptors (Lipinski definition) is 3. The number of hydrogen-bond donors (Lipinski definition) is 0. The second kappa shape index (κ2) is 10.9. The Bertz CT molecular complexity index is 1000. The van der Waals surface area contributed by atoms with E-state index >= 15 is 0 Å². The Morgan fingerprint density at radius 2 is 1.87 bits per heavy atom. The Hall–Kier alpha value is -2.88. The molecule has 0 saturated heterocycles. The standard InChI is InChI=1S/C27H34N2O2/c1-20(2)25-12-9-13-26(27(25)18-22(4)30)23-10-8-11-24(19-23)31-17-7-5-6-16-29-21(3)14-15-28-29/h8-15,19-20H,5-7,16-18H2,1-4H3. The van der Waals surface area contributed by atoms with Crippen molar-refractivity contribution in [3.8, 4) is 16.9 Å². The largest absolute Gasteiger partial charge is 0.494 e. The van der Waals surface area contributed by atoms with Gasteiger partial charge in [-0.3, -0.25) is 9.48 Å². The van der Waals surface area contributed by atoms with Crippen LogP contribution < -0.4 is 4.74 Å². The number of nitrogens with zero attached hydrogens (tertiary/aromatic N) is 2. The van der Waals surface area contributed by atoms with Gasteiger partial charge >= 0.3 is 0 Å². The molecule has 31 heavy (non-hydrogen) atoms. The quantitative estimate of drug-likeness (QED) is 0.340. The molecule has 0 saturated carbocycles. The van der Waals surface area contributed by atoms with Crippen molar-refractivity contribution in [2.75, 3.05) is 6.61 Å². The Balaban J connectivity index is 1.62. The summed E-state index contributed by atoms with van der Waals surface area (Å²) in [4.78, 5) is 11.9. The zero-order valence-corrected chi connectivity index (χ0v) is 19.2. The van der Waals surface area contributed by atoms with Crippen molar-refractivity contribution >= 4 is 5.78 Å². The van der Waals surface area contributed by atoms with E-state index in [1.165, 1.54) is 11.3 Å². The molecule has 4 nitrogen and oxygen atoms in total. The van der Waals surface area contributed by atoms with Crippen LogP contribution in [0.2, 0.25) is 0 Å². The second-order valence-corrected chi connectivity index (χ2v) is 8.54. The van der Waals surface area contributed by atoms with E-state index in [1.807, 2.05) is 29.1 Å². The number of ketones is 1. The minimum atomic E-state index is 0.187. The van der Waals surface area contributed by atoms with Gasteiger partial charge in [-0.25, -0.2) is 0 Å². The fraction of sp³-hybridized carbons (Fsp3) is 0.407. The van der Waals surface area contributed by atoms with Crippen LogP contribution in [-0.4, -0.2) is 22.2 Å². The molecule has 0 aliphatic carbocycles. The molecule has 0 aliphatic heterocycles. The van der Waals surface area contributed by atoms with E-state index in [0.29, 0.717) is 18.9 Å². The molecule has 3 rings (SSSR count). The number of carbonyl (C=O) groups excluding carboxylic acids is 1. The molecule has 1 heterocycles. The van der Waals surface area contributed by atoms with Crippen molar-refractivity contribution in [3.63, 3.8) is 0 Å². The lowest BCUT2D eigenvalue weighted by Gasteiger charge is -2.17. The number of aryl methyl sites for hydroxylation is 2. The summed E-state index contributed by atoms with van der Waals surface area (Å²) in [6, 6.07) is 16.6. The van der Waals surface area contributed by atoms with Crippen LogP contribution in [0.4, 0.5) is 0 Å². The van der Waals surface area contributed by atoms with Gasteiger partial charge in [0.05, 0.1) is 6.61 Å². The van der Waals surface area contributed by atoms with Crippen LogP contribution in [0.5, 0.6) is 5.75 Å². The number of aromatic nitrogens is 2. The first-order valence-corrected chi connectivity index (χ1v) is 11.3. The highest BCUT2D eigenvalue weighted by Gasteiger charge is 2.14. The van der Waals surface area contributed by atoms with Gasteiger partial charge in [0, 0.05) is 24.9 Å². The first kappa shape index (κ1) is 22.8. The minimum absolute atomic E-state index is 0.187. The predicted molar refractivity (Wildman–Crippen MR) is 127 cm³/mol. The summed E-state index contributed by atoms with van der Waals surface area (Å²) in [6.07, 6.45) is 5.54. The molecule has 3 aromatic rings. The first-order chi connectivity index (χ1) is 15.0. The molecule has 164 valence electrons. The number of rotatable bonds is 11. The lowest BCUT2D eigenvalue weighted by Crippen LogP contribution is -2.05. The fourth-order valence-electron chi connectivity index (χ4n) is 3.98. The van der Waals surface area contributed by atoms with Crippen LogP contribution >= 0.6 is 0 Å². The van der Waals surface area contributed by atoms with Crippen molar-refractivity contribution in [2.45, 2.75) is 65.8 Å². The van der Waals surface area contributed by atoms with Crippen molar-refractivity contribution in [2.24, 2.45) is 0 Å². The van der Waals surface area contributed by atoms with E-state index in [-0.39, 0.29) is 5.78 Å². The van der Waals surface area contributed by atoms with Gasteiger partial charge in [-0.15, -0.1) is 0 Å². The summed E-state index contributed by atoms with van der Waals surface area (Å²) in [5, 5.41) is 4.33. The van der Waals surface area contributed by atoms with E-state index in [1.54, 1.807) is 6.92 Å². The molecule has 2 aromatic carbocycles. The number of ether oxygens (including phenoxy) is 1. The molecule has 0 amide bonds. The maximum atomic E-state index is 11.9. The highest BCUT2D eigenvalue weighted by atomic mass is 16.5. The average Bonchev–Trinajstić information content (AvgIpc) is 3.15. The molecule has 0 aliphatic rings. The summed E-state index contributed by atoms with van der Waals surface area (Å²) < 4.78 is 8.09. The van der Waals surface area contributed by atoms with Gasteiger partial charge in [0.15, 0.2) is 0 Å². The van der Waals surface area contributed by atoms with E-state index in [4.69, 9.17) is 4.74 Å². The monoisotopic (exact) mass is 418 g/mol. The Labute approximate surface area is 186 Å². The van der Waals surface area contributed by atoms with Crippen molar-refractivity contribution < 1.29 is 9.53 Å². The Kier molecular flexibility index (Phi) is 8.05. The summed E-state index contributed by atoms with van der Waals surface area (Å²) in [7, 11) is 0. The SMILES string of the molecule is CC(=O)Cc1c(-c2cccc(OCCCCCn3nccc3C)c2)cccc1C(C)C. The van der Waals surface area contributed by atoms with Gasteiger partial charge in [0.2, 0.25) is 0 Å². The Morgan fingerprint density at radius 1 is 1.06 bits per heavy atom. The predicted octanol–water partition coefficient (Wildman–Crippen LogP) is 6.36. The third kappa shape index (κ3) is 6.30. The zero-order chi connectivity index (χ0) is 22.2. The molecule has 0 bridgehead atoms. The summed E-state index contributed by atoms with van der Waals surface area (Å²) in [5.41, 5.74) is 5.81. The van der Waals surface area contributed by atoms with Crippen LogP contribution in [0.1, 0.15) is 62.8 Å². The van der Waals surface area contributed by atoms with Crippen LogP contribution in [-0.2, 0) is 17.8 Å². The number of unbranched alkanes of at least 4 members (excludes halogenated alkanes) is 2. The smallest absolute Gasteiger partial charge is 0.134 e. The molecule has 0 unspecified atom stereocenters. The van der Waals surface area contributed by atoms with E-state index in [0.717, 1.165) is 48.2 Å². The summed E-state index contributed by atoms with van der Waals surface area (Å²) in [6.45, 7) is 9.76. The lowest BCUT2D eigenvalue weighted by molar-refractivity contribution is -0.116. The second-order valence-electron chi connectivity index (χ2n) is 8.54. The molecule has 0 N–H and O–H groups in total. The third-order valence-corrected chi connectivity index (χ3v) is 5.62. The van der Waals surface area contributed by atoms with E-state index in [2.05, 4.69) is 56.2 Å². The van der Waals surface area contributed by atoms with E-state index in [9.17, 15) is 4.79 Å². The Morgan fingerprint density at radius 3 is 2.58 bits per heavy atom. The first-order valence-electron chi connectivity index (χ1n) is 11.3. The van der Waals surface area contributed by atoms with Gasteiger partial charge < -0.3 is 4.74 Å². The highest BCUT2D eigenvalue weighted by molar-refractivity contribution is 5.82. The number of benzene rings is 2. The molecule has 0 atom stereocenters. The molecule has 0 fully saturated rings. The maximum absolute atomic E-state index is 11.9. The molecular weight excluding hydrogens is 384 g/mol. The van der Waals surface area contributed by atoms with Crippen molar-refractivity contribution in [3.05, 3.63) is 71.5 Å².